The Bertz CT molecular complexity index is 1430. The van der Waals surface area contributed by atoms with Gasteiger partial charge in [-0.25, -0.2) is 4.39 Å². The number of aromatic nitrogens is 1. The third-order valence-electron chi connectivity index (χ3n) is 7.94. The monoisotopic (exact) mass is 473 g/mol. The largest absolute Gasteiger partial charge is 0.502 e. The zero-order valence-electron chi connectivity index (χ0n) is 20.0. The predicted octanol–water partition coefficient (Wildman–Crippen LogP) is 3.76. The summed E-state index contributed by atoms with van der Waals surface area (Å²) in [5.74, 6) is -0.965. The molecule has 2 heterocycles. The van der Waals surface area contributed by atoms with E-state index in [0.717, 1.165) is 17.5 Å². The lowest BCUT2D eigenvalue weighted by Crippen LogP contribution is -2.68. The van der Waals surface area contributed by atoms with Crippen molar-refractivity contribution < 1.29 is 14.3 Å². The average Bonchev–Trinajstić information content (AvgIpc) is 3.31. The number of nitrogens with zero attached hydrogens (tertiary/aromatic N) is 3. The van der Waals surface area contributed by atoms with Crippen molar-refractivity contribution in [1.29, 1.82) is 0 Å². The number of carbonyl (C=O) groups is 1. The molecule has 180 valence electrons. The van der Waals surface area contributed by atoms with Gasteiger partial charge in [-0.1, -0.05) is 50.2 Å². The van der Waals surface area contributed by atoms with Crippen molar-refractivity contribution in [2.75, 3.05) is 11.6 Å². The lowest BCUT2D eigenvalue weighted by molar-refractivity contribution is 0.0483. The number of aromatic hydroxyl groups is 1. The quantitative estimate of drug-likeness (QED) is 0.629. The molecule has 2 aromatic carbocycles. The highest BCUT2D eigenvalue weighted by Gasteiger charge is 2.60. The summed E-state index contributed by atoms with van der Waals surface area (Å²) in [5.41, 5.74) is 2.43. The van der Waals surface area contributed by atoms with Crippen molar-refractivity contribution in [1.82, 2.24) is 9.58 Å². The molecule has 1 aromatic heterocycles. The van der Waals surface area contributed by atoms with E-state index in [-0.39, 0.29) is 29.3 Å². The van der Waals surface area contributed by atoms with E-state index in [0.29, 0.717) is 18.5 Å². The molecule has 2 aliphatic carbocycles. The molecule has 3 atom stereocenters. The van der Waals surface area contributed by atoms with Crippen molar-refractivity contribution >= 4 is 5.91 Å². The summed E-state index contributed by atoms with van der Waals surface area (Å²) in [4.78, 5) is 27.8. The van der Waals surface area contributed by atoms with Gasteiger partial charge in [-0.2, -0.15) is 0 Å². The fourth-order valence-electron chi connectivity index (χ4n) is 6.70. The molecule has 1 aliphatic heterocycles. The molecule has 35 heavy (non-hydrogen) atoms. The first-order chi connectivity index (χ1) is 16.8. The van der Waals surface area contributed by atoms with E-state index in [4.69, 9.17) is 0 Å². The van der Waals surface area contributed by atoms with Gasteiger partial charge in [0.05, 0.1) is 0 Å². The van der Waals surface area contributed by atoms with E-state index < -0.39 is 22.9 Å². The van der Waals surface area contributed by atoms with E-state index >= 15 is 4.39 Å². The van der Waals surface area contributed by atoms with Crippen LogP contribution in [-0.2, 0) is 18.4 Å². The summed E-state index contributed by atoms with van der Waals surface area (Å²) in [6.07, 6.45) is 2.50. The molecule has 0 spiro atoms. The van der Waals surface area contributed by atoms with Crippen molar-refractivity contribution in [3.63, 3.8) is 0 Å². The molecule has 6 nitrogen and oxygen atoms in total. The topological polar surface area (TPSA) is 65.8 Å². The van der Waals surface area contributed by atoms with Crippen molar-refractivity contribution in [2.45, 2.75) is 45.3 Å². The van der Waals surface area contributed by atoms with Gasteiger partial charge in [0.15, 0.2) is 11.4 Å². The van der Waals surface area contributed by atoms with Crippen LogP contribution in [0.1, 0.15) is 53.5 Å². The SMILES string of the molecule is CC(C)CN1C(=O)c2c(O)c(=O)ccn2N(C23c4ccccc4CC2Cc2c(F)cccc23)C1C. The summed E-state index contributed by atoms with van der Waals surface area (Å²) in [6, 6.07) is 14.7. The zero-order chi connectivity index (χ0) is 24.6. The molecule has 3 aromatic rings. The van der Waals surface area contributed by atoms with Crippen LogP contribution in [0.3, 0.4) is 0 Å². The molecule has 0 fully saturated rings. The van der Waals surface area contributed by atoms with Crippen LogP contribution in [0.25, 0.3) is 0 Å². The van der Waals surface area contributed by atoms with Crippen LogP contribution in [0.2, 0.25) is 0 Å². The van der Waals surface area contributed by atoms with Crippen LogP contribution in [0.15, 0.2) is 59.5 Å². The van der Waals surface area contributed by atoms with Gasteiger partial charge in [0, 0.05) is 24.7 Å². The first-order valence-electron chi connectivity index (χ1n) is 12.2. The fraction of sp³-hybridized carbons (Fsp3) is 0.357. The molecule has 0 saturated carbocycles. The Balaban J connectivity index is 1.71. The van der Waals surface area contributed by atoms with E-state index in [2.05, 4.69) is 17.1 Å². The average molecular weight is 474 g/mol. The third-order valence-corrected chi connectivity index (χ3v) is 7.94. The summed E-state index contributed by atoms with van der Waals surface area (Å²) >= 11 is 0. The maximum atomic E-state index is 15.2. The highest BCUT2D eigenvalue weighted by molar-refractivity contribution is 5.96. The minimum absolute atomic E-state index is 0.0257. The molecular weight excluding hydrogens is 445 g/mol. The molecule has 6 rings (SSSR count). The van der Waals surface area contributed by atoms with E-state index in [1.807, 2.05) is 39.0 Å². The van der Waals surface area contributed by atoms with Gasteiger partial charge in [-0.15, -0.1) is 0 Å². The highest BCUT2D eigenvalue weighted by atomic mass is 19.1. The number of pyridine rings is 1. The maximum absolute atomic E-state index is 15.2. The Hall–Kier alpha value is -3.61. The van der Waals surface area contributed by atoms with Crippen molar-refractivity contribution in [3.8, 4) is 5.75 Å². The van der Waals surface area contributed by atoms with E-state index in [1.165, 1.54) is 17.7 Å². The second-order valence-corrected chi connectivity index (χ2v) is 10.3. The Morgan fingerprint density at radius 2 is 1.80 bits per heavy atom. The van der Waals surface area contributed by atoms with Crippen LogP contribution in [0.4, 0.5) is 4.39 Å². The minimum atomic E-state index is -0.764. The van der Waals surface area contributed by atoms with Crippen molar-refractivity contribution in [3.05, 3.63) is 98.7 Å². The molecule has 0 radical (unpaired) electrons. The standard InChI is InChI=1S/C28H28FN3O3/c1-16(2)15-30-17(3)32(31-12-11-24(33)26(34)25(31)27(30)35)28-19(13-18-7-4-5-8-21(18)28)14-20-22(28)9-6-10-23(20)29/h4-12,16-17,19,34H,13-15H2,1-3H3. The summed E-state index contributed by atoms with van der Waals surface area (Å²) < 4.78 is 16.8. The van der Waals surface area contributed by atoms with Crippen LogP contribution in [-0.4, -0.2) is 33.3 Å². The normalized spacial score (nSPS) is 24.4. The van der Waals surface area contributed by atoms with Gasteiger partial charge >= 0.3 is 0 Å². The maximum Gasteiger partial charge on any atom is 0.278 e. The molecule has 0 saturated heterocycles. The van der Waals surface area contributed by atoms with Gasteiger partial charge < -0.3 is 10.0 Å². The Labute approximate surface area is 203 Å². The van der Waals surface area contributed by atoms with E-state index in [9.17, 15) is 14.7 Å². The summed E-state index contributed by atoms with van der Waals surface area (Å²) in [5, 5.41) is 12.9. The summed E-state index contributed by atoms with van der Waals surface area (Å²) in [7, 11) is 0. The number of benzene rings is 2. The third kappa shape index (κ3) is 2.75. The van der Waals surface area contributed by atoms with Gasteiger partial charge in [0.1, 0.15) is 17.5 Å². The van der Waals surface area contributed by atoms with Crippen LogP contribution >= 0.6 is 0 Å². The molecule has 3 unspecified atom stereocenters. The Kier molecular flexibility index (Phi) is 4.66. The molecule has 0 bridgehead atoms. The lowest BCUT2D eigenvalue weighted by Gasteiger charge is -2.54. The first kappa shape index (κ1) is 21.9. The molecule has 7 heteroatoms. The van der Waals surface area contributed by atoms with Crippen LogP contribution in [0.5, 0.6) is 5.75 Å². The number of hydrogen-bond acceptors (Lipinski definition) is 4. The van der Waals surface area contributed by atoms with Crippen LogP contribution < -0.4 is 10.4 Å². The molecule has 1 N–H and O–H groups in total. The predicted molar refractivity (Wildman–Crippen MR) is 130 cm³/mol. The lowest BCUT2D eigenvalue weighted by atomic mass is 9.81. The number of rotatable bonds is 3. The molecule has 1 amide bonds. The minimum Gasteiger partial charge on any atom is -0.502 e. The molecule has 3 aliphatic rings. The first-order valence-corrected chi connectivity index (χ1v) is 12.2. The number of hydrogen-bond donors (Lipinski definition) is 1. The number of amides is 1. The van der Waals surface area contributed by atoms with Crippen molar-refractivity contribution in [2.24, 2.45) is 11.8 Å². The molecular formula is C28H28FN3O3. The Morgan fingerprint density at radius 3 is 2.57 bits per heavy atom. The van der Waals surface area contributed by atoms with Gasteiger partial charge in [-0.05, 0) is 54.0 Å². The number of fused-ring (bicyclic) bond motifs is 6. The van der Waals surface area contributed by atoms with Gasteiger partial charge in [0.2, 0.25) is 5.43 Å². The van der Waals surface area contributed by atoms with E-state index in [1.54, 1.807) is 21.8 Å². The second-order valence-electron chi connectivity index (χ2n) is 10.3. The van der Waals surface area contributed by atoms with Gasteiger partial charge in [-0.3, -0.25) is 19.3 Å². The smallest absolute Gasteiger partial charge is 0.278 e. The number of carbonyl (C=O) groups excluding carboxylic acids is 1. The van der Waals surface area contributed by atoms with Gasteiger partial charge in [0.25, 0.3) is 5.91 Å². The highest BCUT2D eigenvalue weighted by Crippen LogP contribution is 2.57. The Morgan fingerprint density at radius 1 is 1.06 bits per heavy atom. The second kappa shape index (κ2) is 7.44. The summed E-state index contributed by atoms with van der Waals surface area (Å²) in [6.45, 7) is 6.49. The fourth-order valence-corrected chi connectivity index (χ4v) is 6.70. The zero-order valence-corrected chi connectivity index (χ0v) is 20.0. The number of halogens is 1. The van der Waals surface area contributed by atoms with Crippen LogP contribution in [0, 0.1) is 17.7 Å².